The van der Waals surface area contributed by atoms with Crippen molar-refractivity contribution >= 4 is 23.1 Å². The Morgan fingerprint density at radius 3 is 2.42 bits per heavy atom. The van der Waals surface area contributed by atoms with Crippen LogP contribution in [0.5, 0.6) is 5.75 Å². The number of amides is 1. The van der Waals surface area contributed by atoms with E-state index in [9.17, 15) is 14.7 Å². The van der Waals surface area contributed by atoms with Crippen molar-refractivity contribution in [2.45, 2.75) is 39.7 Å². The number of furan rings is 1. The summed E-state index contributed by atoms with van der Waals surface area (Å²) in [6, 6.07) is 15.2. The molecule has 0 bridgehead atoms. The van der Waals surface area contributed by atoms with Crippen molar-refractivity contribution in [3.8, 4) is 5.75 Å². The predicted molar refractivity (Wildman–Crippen MR) is 126 cm³/mol. The standard InChI is InChI=1S/C27H27NO5/c1-5-32-21-13-10-19(15-17(21)4)25(29)23-24(22-7-6-14-33-22)28(27(31)26(23)30)20-11-8-18(9-12-20)16(2)3/h6-16,24,29H,5H2,1-4H3/b25-23-. The summed E-state index contributed by atoms with van der Waals surface area (Å²) in [6.07, 6.45) is 1.48. The Kier molecular flexibility index (Phi) is 6.09. The fourth-order valence-corrected chi connectivity index (χ4v) is 4.10. The van der Waals surface area contributed by atoms with Crippen LogP contribution < -0.4 is 9.64 Å². The Labute approximate surface area is 193 Å². The van der Waals surface area contributed by atoms with Crippen LogP contribution in [0, 0.1) is 6.92 Å². The molecule has 1 unspecified atom stereocenters. The molecular formula is C27H27NO5. The van der Waals surface area contributed by atoms with E-state index in [4.69, 9.17) is 9.15 Å². The molecule has 3 aromatic rings. The lowest BCUT2D eigenvalue weighted by Crippen LogP contribution is -2.29. The number of aliphatic hydroxyl groups excluding tert-OH is 1. The molecule has 4 rings (SSSR count). The third kappa shape index (κ3) is 4.04. The lowest BCUT2D eigenvalue weighted by molar-refractivity contribution is -0.132. The van der Waals surface area contributed by atoms with E-state index in [1.807, 2.05) is 38.1 Å². The average molecular weight is 446 g/mol. The van der Waals surface area contributed by atoms with Crippen molar-refractivity contribution in [3.05, 3.63) is 88.9 Å². The van der Waals surface area contributed by atoms with Gasteiger partial charge < -0.3 is 14.3 Å². The maximum absolute atomic E-state index is 13.2. The summed E-state index contributed by atoms with van der Waals surface area (Å²) in [7, 11) is 0. The molecule has 2 aromatic carbocycles. The number of ketones is 1. The number of rotatable bonds is 6. The number of Topliss-reactive ketones (excluding diaryl/α,β-unsaturated/α-hetero) is 1. The largest absolute Gasteiger partial charge is 0.507 e. The Balaban J connectivity index is 1.84. The minimum atomic E-state index is -0.878. The molecular weight excluding hydrogens is 418 g/mol. The van der Waals surface area contributed by atoms with Gasteiger partial charge in [-0.25, -0.2) is 0 Å². The maximum atomic E-state index is 13.2. The van der Waals surface area contributed by atoms with Gasteiger partial charge in [0.2, 0.25) is 0 Å². The highest BCUT2D eigenvalue weighted by Gasteiger charge is 2.48. The van der Waals surface area contributed by atoms with Crippen LogP contribution in [0.4, 0.5) is 5.69 Å². The van der Waals surface area contributed by atoms with Gasteiger partial charge in [-0.1, -0.05) is 26.0 Å². The van der Waals surface area contributed by atoms with Crippen LogP contribution in [-0.4, -0.2) is 23.4 Å². The van der Waals surface area contributed by atoms with Gasteiger partial charge in [0.15, 0.2) is 0 Å². The minimum Gasteiger partial charge on any atom is -0.507 e. The third-order valence-corrected chi connectivity index (χ3v) is 5.84. The lowest BCUT2D eigenvalue weighted by atomic mass is 9.98. The van der Waals surface area contributed by atoms with Gasteiger partial charge in [-0.05, 0) is 73.4 Å². The van der Waals surface area contributed by atoms with Gasteiger partial charge in [0.1, 0.15) is 23.3 Å². The topological polar surface area (TPSA) is 80.0 Å². The van der Waals surface area contributed by atoms with E-state index in [0.717, 1.165) is 11.1 Å². The molecule has 2 heterocycles. The summed E-state index contributed by atoms with van der Waals surface area (Å²) in [5.74, 6) is -0.291. The molecule has 1 N–H and O–H groups in total. The molecule has 1 aromatic heterocycles. The quantitative estimate of drug-likeness (QED) is 0.297. The predicted octanol–water partition coefficient (Wildman–Crippen LogP) is 5.74. The van der Waals surface area contributed by atoms with E-state index in [1.54, 1.807) is 30.3 Å². The molecule has 170 valence electrons. The molecule has 1 saturated heterocycles. The minimum absolute atomic E-state index is 0.00792. The molecule has 6 nitrogen and oxygen atoms in total. The highest BCUT2D eigenvalue weighted by molar-refractivity contribution is 6.51. The molecule has 0 aliphatic carbocycles. The highest BCUT2D eigenvalue weighted by Crippen LogP contribution is 2.42. The number of aryl methyl sites for hydroxylation is 1. The van der Waals surface area contributed by atoms with E-state index >= 15 is 0 Å². The fraction of sp³-hybridized carbons (Fsp3) is 0.259. The van der Waals surface area contributed by atoms with E-state index in [-0.39, 0.29) is 11.3 Å². The van der Waals surface area contributed by atoms with Crippen LogP contribution in [-0.2, 0) is 9.59 Å². The van der Waals surface area contributed by atoms with Crippen molar-refractivity contribution in [1.82, 2.24) is 0 Å². The zero-order chi connectivity index (χ0) is 23.7. The van der Waals surface area contributed by atoms with Crippen LogP contribution in [0.1, 0.15) is 55.2 Å². The van der Waals surface area contributed by atoms with Crippen LogP contribution in [0.25, 0.3) is 5.76 Å². The highest BCUT2D eigenvalue weighted by atomic mass is 16.5. The van der Waals surface area contributed by atoms with E-state index in [2.05, 4.69) is 13.8 Å². The Morgan fingerprint density at radius 1 is 1.12 bits per heavy atom. The first-order valence-corrected chi connectivity index (χ1v) is 11.0. The number of carbonyl (C=O) groups excluding carboxylic acids is 2. The molecule has 6 heteroatoms. The van der Waals surface area contributed by atoms with E-state index in [0.29, 0.717) is 35.3 Å². The van der Waals surface area contributed by atoms with Crippen molar-refractivity contribution in [2.24, 2.45) is 0 Å². The summed E-state index contributed by atoms with van der Waals surface area (Å²) in [5.41, 5.74) is 2.92. The van der Waals surface area contributed by atoms with Gasteiger partial charge in [0.25, 0.3) is 11.7 Å². The summed E-state index contributed by atoms with van der Waals surface area (Å²) in [4.78, 5) is 27.7. The second kappa shape index (κ2) is 8.98. The first-order valence-electron chi connectivity index (χ1n) is 11.0. The normalized spacial score (nSPS) is 17.7. The lowest BCUT2D eigenvalue weighted by Gasteiger charge is -2.24. The molecule has 0 spiro atoms. The number of carbonyl (C=O) groups is 2. The van der Waals surface area contributed by atoms with Gasteiger partial charge in [-0.15, -0.1) is 0 Å². The number of hydrogen-bond donors (Lipinski definition) is 1. The molecule has 1 fully saturated rings. The number of nitrogens with zero attached hydrogens (tertiary/aromatic N) is 1. The number of ether oxygens (including phenoxy) is 1. The van der Waals surface area contributed by atoms with Crippen molar-refractivity contribution in [1.29, 1.82) is 0 Å². The van der Waals surface area contributed by atoms with Crippen LogP contribution in [0.2, 0.25) is 0 Å². The van der Waals surface area contributed by atoms with E-state index in [1.165, 1.54) is 11.2 Å². The van der Waals surface area contributed by atoms with Gasteiger partial charge in [-0.3, -0.25) is 14.5 Å². The monoisotopic (exact) mass is 445 g/mol. The zero-order valence-electron chi connectivity index (χ0n) is 19.2. The first kappa shape index (κ1) is 22.4. The van der Waals surface area contributed by atoms with E-state index < -0.39 is 17.7 Å². The van der Waals surface area contributed by atoms with Crippen molar-refractivity contribution < 1.29 is 23.8 Å². The van der Waals surface area contributed by atoms with Crippen molar-refractivity contribution in [2.75, 3.05) is 11.5 Å². The molecule has 1 aliphatic heterocycles. The van der Waals surface area contributed by atoms with Crippen molar-refractivity contribution in [3.63, 3.8) is 0 Å². The molecule has 1 amide bonds. The molecule has 1 aliphatic rings. The van der Waals surface area contributed by atoms with Gasteiger partial charge in [-0.2, -0.15) is 0 Å². The fourth-order valence-electron chi connectivity index (χ4n) is 4.10. The summed E-state index contributed by atoms with van der Waals surface area (Å²) >= 11 is 0. The Bertz CT molecular complexity index is 1210. The van der Waals surface area contributed by atoms with Crippen LogP contribution in [0.3, 0.4) is 0 Å². The zero-order valence-corrected chi connectivity index (χ0v) is 19.2. The van der Waals surface area contributed by atoms with Crippen LogP contribution in [0.15, 0.2) is 70.9 Å². The molecule has 0 radical (unpaired) electrons. The van der Waals surface area contributed by atoms with Gasteiger partial charge >= 0.3 is 0 Å². The van der Waals surface area contributed by atoms with Gasteiger partial charge in [0, 0.05) is 11.3 Å². The van der Waals surface area contributed by atoms with Crippen LogP contribution >= 0.6 is 0 Å². The number of benzene rings is 2. The molecule has 1 atom stereocenters. The second-order valence-electron chi connectivity index (χ2n) is 8.34. The van der Waals surface area contributed by atoms with Gasteiger partial charge in [0.05, 0.1) is 18.4 Å². The first-order chi connectivity index (χ1) is 15.8. The Hall–Kier alpha value is -3.80. The molecule has 0 saturated carbocycles. The number of aliphatic hydroxyl groups is 1. The number of hydrogen-bond acceptors (Lipinski definition) is 5. The summed E-state index contributed by atoms with van der Waals surface area (Å²) in [6.45, 7) is 8.45. The summed E-state index contributed by atoms with van der Waals surface area (Å²) < 4.78 is 11.2. The second-order valence-corrected chi connectivity index (χ2v) is 8.34. The third-order valence-electron chi connectivity index (χ3n) is 5.84. The number of anilines is 1. The average Bonchev–Trinajstić information content (AvgIpc) is 3.42. The Morgan fingerprint density at radius 2 is 1.85 bits per heavy atom. The molecule has 33 heavy (non-hydrogen) atoms. The maximum Gasteiger partial charge on any atom is 0.300 e. The summed E-state index contributed by atoms with van der Waals surface area (Å²) in [5, 5.41) is 11.2. The smallest absolute Gasteiger partial charge is 0.300 e. The SMILES string of the molecule is CCOc1ccc(/C(O)=C2/C(=O)C(=O)N(c3ccc(C(C)C)cc3)C2c2ccco2)cc1C.